The molecule has 5 heterocycles. The van der Waals surface area contributed by atoms with E-state index < -0.39 is 5.97 Å². The zero-order valence-electron chi connectivity index (χ0n) is 22.0. The average molecular weight is 590 g/mol. The number of thiophene rings is 1. The molecule has 2 aliphatic rings. The van der Waals surface area contributed by atoms with Crippen molar-refractivity contribution in [3.05, 3.63) is 39.4 Å². The molecular formula is C26H32ClN7O3S2. The summed E-state index contributed by atoms with van der Waals surface area (Å²) in [4.78, 5) is 46.4. The van der Waals surface area contributed by atoms with Crippen LogP contribution in [-0.4, -0.2) is 86.5 Å². The fraction of sp³-hybridized carbons (Fsp3) is 0.500. The molecule has 0 aromatic carbocycles. The number of carboxylic acid groups (broad SMARTS) is 1. The number of rotatable bonds is 9. The van der Waals surface area contributed by atoms with E-state index in [1.165, 1.54) is 30.4 Å². The molecule has 2 atom stereocenters. The average Bonchev–Trinajstić information content (AvgIpc) is 3.63. The number of hydrogen-bond donors (Lipinski definition) is 2. The minimum atomic E-state index is -0.785. The first kappa shape index (κ1) is 27.9. The summed E-state index contributed by atoms with van der Waals surface area (Å²) in [5.41, 5.74) is 1.08. The minimum absolute atomic E-state index is 0.136. The van der Waals surface area contributed by atoms with Crippen molar-refractivity contribution in [2.24, 2.45) is 0 Å². The van der Waals surface area contributed by atoms with Crippen LogP contribution in [0.15, 0.2) is 23.8 Å². The Bertz CT molecular complexity index is 1320. The third kappa shape index (κ3) is 6.75. The van der Waals surface area contributed by atoms with Crippen molar-refractivity contribution in [1.29, 1.82) is 0 Å². The Hall–Kier alpha value is -2.64. The van der Waals surface area contributed by atoms with E-state index >= 15 is 0 Å². The lowest BCUT2D eigenvalue weighted by Gasteiger charge is -2.40. The maximum atomic E-state index is 13.0. The van der Waals surface area contributed by atoms with Crippen LogP contribution in [0.5, 0.6) is 0 Å². The summed E-state index contributed by atoms with van der Waals surface area (Å²) in [6.07, 6.45) is 5.64. The van der Waals surface area contributed by atoms with E-state index in [1.807, 2.05) is 11.4 Å². The molecular weight excluding hydrogens is 558 g/mol. The summed E-state index contributed by atoms with van der Waals surface area (Å²) in [5.74, 6) is -0.441. The predicted molar refractivity (Wildman–Crippen MR) is 155 cm³/mol. The van der Waals surface area contributed by atoms with Crippen LogP contribution in [0.3, 0.4) is 0 Å². The number of anilines is 2. The van der Waals surface area contributed by atoms with Crippen molar-refractivity contribution >= 4 is 57.1 Å². The van der Waals surface area contributed by atoms with E-state index in [2.05, 4.69) is 43.8 Å². The number of carbonyl (C=O) groups excluding carboxylic acids is 1. The largest absolute Gasteiger partial charge is 0.481 e. The molecule has 2 N–H and O–H groups in total. The second-order valence-corrected chi connectivity index (χ2v) is 12.5. The number of carboxylic acids is 1. The molecule has 13 heteroatoms. The van der Waals surface area contributed by atoms with Crippen LogP contribution < -0.4 is 10.2 Å². The fourth-order valence-corrected chi connectivity index (χ4v) is 7.28. The van der Waals surface area contributed by atoms with E-state index in [0.29, 0.717) is 35.1 Å². The lowest BCUT2D eigenvalue weighted by Crippen LogP contribution is -2.52. The highest BCUT2D eigenvalue weighted by atomic mass is 35.5. The SMILES string of the molecule is C[C@@H]1CCCN1Cc1sc(NC(=O)c2cnc(N3CCN(CCC(=O)O)C[C@@H]3C)cn2)nc1-c1cc(Cl)cs1. The van der Waals surface area contributed by atoms with Gasteiger partial charge in [-0.15, -0.1) is 11.3 Å². The summed E-state index contributed by atoms with van der Waals surface area (Å²) in [6.45, 7) is 8.93. The topological polar surface area (TPSA) is 115 Å². The number of hydrogen-bond acceptors (Lipinski definition) is 10. The Labute approximate surface area is 240 Å². The zero-order valence-corrected chi connectivity index (χ0v) is 24.4. The Kier molecular flexibility index (Phi) is 8.77. The normalized spacial score (nSPS) is 20.4. The number of aliphatic carboxylic acids is 1. The van der Waals surface area contributed by atoms with Gasteiger partial charge in [-0.1, -0.05) is 22.9 Å². The number of nitrogens with zero attached hydrogens (tertiary/aromatic N) is 6. The lowest BCUT2D eigenvalue weighted by atomic mass is 10.2. The lowest BCUT2D eigenvalue weighted by molar-refractivity contribution is -0.137. The second kappa shape index (κ2) is 12.3. The molecule has 0 unspecified atom stereocenters. The molecule has 0 aliphatic carbocycles. The van der Waals surface area contributed by atoms with Gasteiger partial charge in [-0.2, -0.15) is 0 Å². The number of thiazole rings is 1. The molecule has 1 amide bonds. The molecule has 2 saturated heterocycles. The van der Waals surface area contributed by atoms with Crippen LogP contribution in [0, 0.1) is 0 Å². The number of amides is 1. The monoisotopic (exact) mass is 589 g/mol. The quantitative estimate of drug-likeness (QED) is 0.371. The van der Waals surface area contributed by atoms with Gasteiger partial charge in [0, 0.05) is 55.1 Å². The Morgan fingerprint density at radius 1 is 1.18 bits per heavy atom. The van der Waals surface area contributed by atoms with Crippen LogP contribution in [0.4, 0.5) is 10.9 Å². The van der Waals surface area contributed by atoms with Gasteiger partial charge in [0.2, 0.25) is 0 Å². The number of aromatic nitrogens is 3. The van der Waals surface area contributed by atoms with Crippen LogP contribution in [0.25, 0.3) is 10.6 Å². The maximum Gasteiger partial charge on any atom is 0.304 e. The summed E-state index contributed by atoms with van der Waals surface area (Å²) in [7, 11) is 0. The van der Waals surface area contributed by atoms with Gasteiger partial charge in [0.15, 0.2) is 5.13 Å². The highest BCUT2D eigenvalue weighted by Crippen LogP contribution is 2.37. The summed E-state index contributed by atoms with van der Waals surface area (Å²) < 4.78 is 0. The van der Waals surface area contributed by atoms with Crippen molar-refractivity contribution in [2.75, 3.05) is 42.9 Å². The Morgan fingerprint density at radius 3 is 2.67 bits per heavy atom. The van der Waals surface area contributed by atoms with Crippen LogP contribution >= 0.6 is 34.3 Å². The second-order valence-electron chi connectivity index (χ2n) is 10.1. The van der Waals surface area contributed by atoms with Gasteiger partial charge in [0.25, 0.3) is 5.91 Å². The smallest absolute Gasteiger partial charge is 0.304 e. The van der Waals surface area contributed by atoms with Gasteiger partial charge in [-0.3, -0.25) is 24.7 Å². The first-order valence-electron chi connectivity index (χ1n) is 13.1. The first-order valence-corrected chi connectivity index (χ1v) is 15.2. The molecule has 3 aromatic rings. The molecule has 0 spiro atoms. The minimum Gasteiger partial charge on any atom is -0.481 e. The third-order valence-electron chi connectivity index (χ3n) is 7.27. The summed E-state index contributed by atoms with van der Waals surface area (Å²) in [6, 6.07) is 2.59. The van der Waals surface area contributed by atoms with Gasteiger partial charge < -0.3 is 10.0 Å². The number of carbonyl (C=O) groups is 2. The molecule has 39 heavy (non-hydrogen) atoms. The molecule has 2 aliphatic heterocycles. The van der Waals surface area contributed by atoms with Gasteiger partial charge in [0.1, 0.15) is 11.5 Å². The van der Waals surface area contributed by atoms with Gasteiger partial charge in [-0.05, 0) is 39.3 Å². The highest BCUT2D eigenvalue weighted by Gasteiger charge is 2.27. The molecule has 0 radical (unpaired) electrons. The molecule has 2 fully saturated rings. The number of nitrogens with one attached hydrogen (secondary N) is 1. The maximum absolute atomic E-state index is 13.0. The van der Waals surface area contributed by atoms with Crippen molar-refractivity contribution < 1.29 is 14.7 Å². The van der Waals surface area contributed by atoms with Crippen molar-refractivity contribution in [1.82, 2.24) is 24.8 Å². The molecule has 0 saturated carbocycles. The summed E-state index contributed by atoms with van der Waals surface area (Å²) >= 11 is 9.24. The third-order valence-corrected chi connectivity index (χ3v) is 9.51. The van der Waals surface area contributed by atoms with E-state index in [9.17, 15) is 9.59 Å². The molecule has 208 valence electrons. The van der Waals surface area contributed by atoms with Crippen molar-refractivity contribution in [3.8, 4) is 10.6 Å². The molecule has 0 bridgehead atoms. The Balaban J connectivity index is 1.25. The zero-order chi connectivity index (χ0) is 27.5. The standard InChI is InChI=1S/C26H32ClN7O3S2/c1-16-4-3-6-33(16)14-21-24(20-10-18(27)15-38-20)30-26(39-21)31-25(37)19-11-29-22(12-28-19)34-9-8-32(13-17(34)2)7-5-23(35)36/h10-12,15-17H,3-9,13-14H2,1-2H3,(H,35,36)(H,30,31,37)/t16-,17+/m1/s1. The first-order chi connectivity index (χ1) is 18.8. The number of halogens is 1. The summed E-state index contributed by atoms with van der Waals surface area (Å²) in [5, 5.41) is 15.0. The van der Waals surface area contributed by atoms with Gasteiger partial charge in [0.05, 0.1) is 34.4 Å². The molecule has 3 aromatic heterocycles. The van der Waals surface area contributed by atoms with Gasteiger partial charge >= 0.3 is 5.97 Å². The number of piperazine rings is 1. The molecule has 5 rings (SSSR count). The van der Waals surface area contributed by atoms with E-state index in [4.69, 9.17) is 21.7 Å². The van der Waals surface area contributed by atoms with Crippen LogP contribution in [0.1, 0.15) is 48.5 Å². The van der Waals surface area contributed by atoms with E-state index in [1.54, 1.807) is 17.5 Å². The van der Waals surface area contributed by atoms with Crippen molar-refractivity contribution in [3.63, 3.8) is 0 Å². The predicted octanol–water partition coefficient (Wildman–Crippen LogP) is 4.54. The molecule has 10 nitrogen and oxygen atoms in total. The van der Waals surface area contributed by atoms with E-state index in [0.717, 1.165) is 41.6 Å². The number of likely N-dealkylation sites (tertiary alicyclic amines) is 1. The Morgan fingerprint density at radius 2 is 2.03 bits per heavy atom. The van der Waals surface area contributed by atoms with E-state index in [-0.39, 0.29) is 24.1 Å². The van der Waals surface area contributed by atoms with Crippen LogP contribution in [0.2, 0.25) is 5.02 Å². The highest BCUT2D eigenvalue weighted by molar-refractivity contribution is 7.17. The fourth-order valence-electron chi connectivity index (χ4n) is 5.13. The van der Waals surface area contributed by atoms with Gasteiger partial charge in [-0.25, -0.2) is 15.0 Å². The van der Waals surface area contributed by atoms with Crippen molar-refractivity contribution in [2.45, 2.75) is 51.7 Å². The van der Waals surface area contributed by atoms with Crippen LogP contribution in [-0.2, 0) is 11.3 Å².